The zero-order chi connectivity index (χ0) is 20.9. The lowest BCUT2D eigenvalue weighted by atomic mass is 10.2. The molecule has 0 radical (unpaired) electrons. The Balaban J connectivity index is 1.59. The third-order valence-corrected chi connectivity index (χ3v) is 5.96. The van der Waals surface area contributed by atoms with E-state index in [1.54, 1.807) is 18.2 Å². The zero-order valence-corrected chi connectivity index (χ0v) is 18.0. The Labute approximate surface area is 177 Å². The molecule has 29 heavy (non-hydrogen) atoms. The molecular formula is C19H20BrNO7S. The van der Waals surface area contributed by atoms with E-state index in [2.05, 4.69) is 20.7 Å². The summed E-state index contributed by atoms with van der Waals surface area (Å²) in [7, 11) is -2.41. The summed E-state index contributed by atoms with van der Waals surface area (Å²) in [5.74, 6) is 0.692. The number of carbonyl (C=O) groups is 1. The largest absolute Gasteiger partial charge is 0.496 e. The number of fused-ring (bicyclic) bond motifs is 1. The van der Waals surface area contributed by atoms with E-state index < -0.39 is 22.5 Å². The highest BCUT2D eigenvalue weighted by Crippen LogP contribution is 2.31. The first-order valence-electron chi connectivity index (χ1n) is 8.76. The van der Waals surface area contributed by atoms with E-state index in [0.717, 1.165) is 4.47 Å². The molecule has 0 bridgehead atoms. The maximum absolute atomic E-state index is 12.5. The van der Waals surface area contributed by atoms with Gasteiger partial charge in [-0.1, -0.05) is 15.9 Å². The Kier molecular flexibility index (Phi) is 6.99. The average molecular weight is 486 g/mol. The zero-order valence-electron chi connectivity index (χ0n) is 15.6. The van der Waals surface area contributed by atoms with Crippen molar-refractivity contribution >= 4 is 31.9 Å². The summed E-state index contributed by atoms with van der Waals surface area (Å²) in [4.78, 5) is 12.0. The van der Waals surface area contributed by atoms with E-state index in [-0.39, 0.29) is 11.5 Å². The molecule has 3 rings (SSSR count). The van der Waals surface area contributed by atoms with Gasteiger partial charge in [-0.25, -0.2) is 8.42 Å². The predicted octanol–water partition coefficient (Wildman–Crippen LogP) is 2.64. The fourth-order valence-electron chi connectivity index (χ4n) is 2.62. The van der Waals surface area contributed by atoms with Crippen molar-refractivity contribution in [2.24, 2.45) is 0 Å². The minimum Gasteiger partial charge on any atom is -0.496 e. The van der Waals surface area contributed by atoms with Gasteiger partial charge < -0.3 is 18.9 Å². The van der Waals surface area contributed by atoms with Crippen molar-refractivity contribution in [2.75, 3.05) is 26.9 Å². The second-order valence-corrected chi connectivity index (χ2v) is 8.78. The molecule has 1 aliphatic heterocycles. The molecule has 0 atom stereocenters. The van der Waals surface area contributed by atoms with Crippen LogP contribution in [-0.2, 0) is 26.2 Å². The number of carbonyl (C=O) groups excluding carboxylic acids is 1. The van der Waals surface area contributed by atoms with E-state index >= 15 is 0 Å². The molecule has 1 heterocycles. The Morgan fingerprint density at radius 3 is 2.66 bits per heavy atom. The summed E-state index contributed by atoms with van der Waals surface area (Å²) in [6, 6.07) is 9.60. The highest BCUT2D eigenvalue weighted by Gasteiger charge is 2.20. The van der Waals surface area contributed by atoms with Gasteiger partial charge in [-0.15, -0.1) is 0 Å². The van der Waals surface area contributed by atoms with E-state index in [1.807, 2.05) is 0 Å². The van der Waals surface area contributed by atoms with Crippen LogP contribution in [0.2, 0.25) is 0 Å². The van der Waals surface area contributed by atoms with E-state index in [0.29, 0.717) is 42.4 Å². The number of methoxy groups -OCH3 is 1. The number of ether oxygens (including phenoxy) is 4. The van der Waals surface area contributed by atoms with E-state index in [9.17, 15) is 13.2 Å². The first-order valence-corrected chi connectivity index (χ1v) is 11.0. The second-order valence-electron chi connectivity index (χ2n) is 6.10. The van der Waals surface area contributed by atoms with Crippen LogP contribution >= 0.6 is 15.9 Å². The normalized spacial score (nSPS) is 13.4. The summed E-state index contributed by atoms with van der Waals surface area (Å²) in [6.45, 7) is 0.390. The molecule has 8 nitrogen and oxygen atoms in total. The van der Waals surface area contributed by atoms with E-state index in [4.69, 9.17) is 18.9 Å². The van der Waals surface area contributed by atoms with Crippen LogP contribution in [0.25, 0.3) is 0 Å². The van der Waals surface area contributed by atoms with Crippen LogP contribution in [0.15, 0.2) is 45.8 Å². The first-order chi connectivity index (χ1) is 13.9. The fourth-order valence-corrected chi connectivity index (χ4v) is 4.01. The quantitative estimate of drug-likeness (QED) is 0.601. The number of esters is 1. The van der Waals surface area contributed by atoms with Crippen LogP contribution < -0.4 is 18.9 Å². The average Bonchev–Trinajstić information content (AvgIpc) is 2.95. The molecule has 10 heteroatoms. The summed E-state index contributed by atoms with van der Waals surface area (Å²) < 4.78 is 49.4. The van der Waals surface area contributed by atoms with Gasteiger partial charge in [0, 0.05) is 22.5 Å². The molecule has 156 valence electrons. The van der Waals surface area contributed by atoms with Crippen molar-refractivity contribution in [1.29, 1.82) is 0 Å². The lowest BCUT2D eigenvalue weighted by Gasteiger charge is -2.12. The molecule has 2 aromatic carbocycles. The van der Waals surface area contributed by atoms with Gasteiger partial charge in [-0.3, -0.25) is 4.79 Å². The number of sulfonamides is 1. The lowest BCUT2D eigenvalue weighted by Crippen LogP contribution is -2.30. The van der Waals surface area contributed by atoms with Gasteiger partial charge in [-0.2, -0.15) is 4.72 Å². The SMILES string of the molecule is COc1ccc(Br)cc1COC(=O)CNS(=O)(=O)c1ccc2c(c1)OCCCO2. The van der Waals surface area contributed by atoms with Crippen LogP contribution in [0.5, 0.6) is 17.2 Å². The molecule has 0 aromatic heterocycles. The smallest absolute Gasteiger partial charge is 0.321 e. The Hall–Kier alpha value is -2.30. The van der Waals surface area contributed by atoms with Gasteiger partial charge in [0.05, 0.1) is 25.2 Å². The van der Waals surface area contributed by atoms with Crippen LogP contribution in [0.4, 0.5) is 0 Å². The van der Waals surface area contributed by atoms with Crippen molar-refractivity contribution in [2.45, 2.75) is 17.9 Å². The maximum Gasteiger partial charge on any atom is 0.321 e. The maximum atomic E-state index is 12.5. The lowest BCUT2D eigenvalue weighted by molar-refractivity contribution is -0.143. The van der Waals surface area contributed by atoms with E-state index in [1.165, 1.54) is 25.3 Å². The third-order valence-electron chi connectivity index (χ3n) is 4.07. The monoisotopic (exact) mass is 485 g/mol. The highest BCUT2D eigenvalue weighted by atomic mass is 79.9. The van der Waals surface area contributed by atoms with Gasteiger partial charge in [0.15, 0.2) is 11.5 Å². The molecule has 2 aromatic rings. The molecule has 0 spiro atoms. The number of hydrogen-bond acceptors (Lipinski definition) is 7. The molecule has 0 amide bonds. The van der Waals surface area contributed by atoms with Gasteiger partial charge in [-0.05, 0) is 30.3 Å². The molecule has 0 unspecified atom stereocenters. The number of benzene rings is 2. The molecule has 1 N–H and O–H groups in total. The van der Waals surface area contributed by atoms with Crippen molar-refractivity contribution in [3.63, 3.8) is 0 Å². The van der Waals surface area contributed by atoms with Crippen LogP contribution in [-0.4, -0.2) is 41.3 Å². The molecule has 0 fully saturated rings. The molecule has 0 aliphatic carbocycles. The van der Waals surface area contributed by atoms with Gasteiger partial charge in [0.25, 0.3) is 0 Å². The molecule has 0 saturated heterocycles. The van der Waals surface area contributed by atoms with Crippen molar-refractivity contribution in [1.82, 2.24) is 4.72 Å². The van der Waals surface area contributed by atoms with Crippen molar-refractivity contribution in [3.05, 3.63) is 46.4 Å². The number of nitrogens with one attached hydrogen (secondary N) is 1. The fraction of sp³-hybridized carbons (Fsp3) is 0.316. The minimum atomic E-state index is -3.92. The third kappa shape index (κ3) is 5.62. The minimum absolute atomic E-state index is 0.0248. The first kappa shape index (κ1) is 21.4. The Morgan fingerprint density at radius 2 is 1.90 bits per heavy atom. The summed E-state index contributed by atoms with van der Waals surface area (Å²) in [5, 5.41) is 0. The predicted molar refractivity (Wildman–Crippen MR) is 108 cm³/mol. The Bertz CT molecular complexity index is 994. The van der Waals surface area contributed by atoms with Crippen molar-refractivity contribution < 1.29 is 32.2 Å². The number of halogens is 1. The number of rotatable bonds is 7. The Morgan fingerprint density at radius 1 is 1.14 bits per heavy atom. The van der Waals surface area contributed by atoms with Crippen molar-refractivity contribution in [3.8, 4) is 17.2 Å². The summed E-state index contributed by atoms with van der Waals surface area (Å²) >= 11 is 3.34. The topological polar surface area (TPSA) is 100 Å². The number of hydrogen-bond donors (Lipinski definition) is 1. The standard InChI is InChI=1S/C19H20BrNO7S/c1-25-16-5-3-14(20)9-13(16)12-28-19(22)11-21-29(23,24)15-4-6-17-18(10-15)27-8-2-7-26-17/h3-6,9-10,21H,2,7-8,11-12H2,1H3. The highest BCUT2D eigenvalue weighted by molar-refractivity contribution is 9.10. The molecule has 1 aliphatic rings. The van der Waals surface area contributed by atoms with Crippen LogP contribution in [0.3, 0.4) is 0 Å². The molecular weight excluding hydrogens is 466 g/mol. The van der Waals surface area contributed by atoms with Gasteiger partial charge in [0.2, 0.25) is 10.0 Å². The van der Waals surface area contributed by atoms with Crippen LogP contribution in [0, 0.1) is 0 Å². The summed E-state index contributed by atoms with van der Waals surface area (Å²) in [6.07, 6.45) is 0.712. The van der Waals surface area contributed by atoms with Gasteiger partial charge >= 0.3 is 5.97 Å². The van der Waals surface area contributed by atoms with Gasteiger partial charge in [0.1, 0.15) is 18.9 Å². The molecule has 0 saturated carbocycles. The summed E-state index contributed by atoms with van der Waals surface area (Å²) in [5.41, 5.74) is 0.654. The second kappa shape index (κ2) is 9.47. The van der Waals surface area contributed by atoms with Crippen LogP contribution in [0.1, 0.15) is 12.0 Å².